The molecule has 2 aromatic rings. The van der Waals surface area contributed by atoms with Crippen molar-refractivity contribution in [1.29, 1.82) is 0 Å². The summed E-state index contributed by atoms with van der Waals surface area (Å²) in [6.07, 6.45) is 7.24. The Kier molecular flexibility index (Phi) is 4.11. The van der Waals surface area contributed by atoms with E-state index in [9.17, 15) is 0 Å². The first kappa shape index (κ1) is 11.8. The van der Waals surface area contributed by atoms with Gasteiger partial charge in [0.1, 0.15) is 3.70 Å². The van der Waals surface area contributed by atoms with Gasteiger partial charge in [0.05, 0.1) is 18.1 Å². The molecule has 2 heterocycles. The number of aromatic nitrogens is 3. The molecule has 0 saturated carbocycles. The maximum atomic E-state index is 4.38. The van der Waals surface area contributed by atoms with Gasteiger partial charge in [0.2, 0.25) is 0 Å². The summed E-state index contributed by atoms with van der Waals surface area (Å²) < 4.78 is 0.903. The van der Waals surface area contributed by atoms with Crippen molar-refractivity contribution in [3.05, 3.63) is 34.6 Å². The van der Waals surface area contributed by atoms with Crippen LogP contribution in [0.4, 0.5) is 0 Å². The highest BCUT2D eigenvalue weighted by molar-refractivity contribution is 14.1. The molecule has 0 bridgehead atoms. The second kappa shape index (κ2) is 5.58. The van der Waals surface area contributed by atoms with Crippen LogP contribution in [0.25, 0.3) is 11.3 Å². The number of hydrogen-bond acceptors (Lipinski definition) is 4. The smallest absolute Gasteiger partial charge is 0.119 e. The third kappa shape index (κ3) is 2.70. The number of rotatable bonds is 3. The highest BCUT2D eigenvalue weighted by Crippen LogP contribution is 2.28. The van der Waals surface area contributed by atoms with Crippen LogP contribution < -0.4 is 0 Å². The predicted molar refractivity (Wildman–Crippen MR) is 74.4 cm³/mol. The first-order valence-corrected chi connectivity index (χ1v) is 6.92. The van der Waals surface area contributed by atoms with Gasteiger partial charge in [-0.05, 0) is 34.4 Å². The molecule has 0 amide bonds. The van der Waals surface area contributed by atoms with Crippen LogP contribution in [0.3, 0.4) is 0 Å². The maximum Gasteiger partial charge on any atom is 0.119 e. The molecule has 0 aliphatic rings. The largest absolute Gasteiger partial charge is 0.264 e. The van der Waals surface area contributed by atoms with Gasteiger partial charge in [-0.15, -0.1) is 11.8 Å². The molecule has 0 unspecified atom stereocenters. The van der Waals surface area contributed by atoms with Crippen LogP contribution in [0.15, 0.2) is 35.7 Å². The van der Waals surface area contributed by atoms with Crippen LogP contribution in [0.2, 0.25) is 0 Å². The van der Waals surface area contributed by atoms with Crippen molar-refractivity contribution in [3.8, 4) is 11.3 Å². The minimum absolute atomic E-state index is 0.902. The Morgan fingerprint density at radius 3 is 2.81 bits per heavy atom. The number of hydrogen-bond donors (Lipinski definition) is 0. The lowest BCUT2D eigenvalue weighted by Gasteiger charge is -2.06. The summed E-state index contributed by atoms with van der Waals surface area (Å²) in [5.41, 5.74) is 2.00. The topological polar surface area (TPSA) is 38.7 Å². The molecule has 0 aliphatic heterocycles. The van der Waals surface area contributed by atoms with Crippen molar-refractivity contribution >= 4 is 34.4 Å². The zero-order chi connectivity index (χ0) is 11.4. The fourth-order valence-electron chi connectivity index (χ4n) is 1.31. The van der Waals surface area contributed by atoms with E-state index >= 15 is 0 Å². The van der Waals surface area contributed by atoms with Crippen LogP contribution >= 0.6 is 34.4 Å². The average molecular weight is 343 g/mol. The molecule has 2 rings (SSSR count). The first-order valence-electron chi connectivity index (χ1n) is 4.86. The first-order chi connectivity index (χ1) is 7.81. The Labute approximate surface area is 112 Å². The van der Waals surface area contributed by atoms with E-state index in [2.05, 4.69) is 44.5 Å². The van der Waals surface area contributed by atoms with Gasteiger partial charge in [-0.2, -0.15) is 0 Å². The van der Waals surface area contributed by atoms with E-state index in [-0.39, 0.29) is 0 Å². The second-order valence-corrected chi connectivity index (χ2v) is 5.44. The zero-order valence-electron chi connectivity index (χ0n) is 8.72. The molecule has 82 valence electrons. The van der Waals surface area contributed by atoms with Gasteiger partial charge in [0.15, 0.2) is 0 Å². The minimum atomic E-state index is 0.902. The number of halogens is 1. The van der Waals surface area contributed by atoms with Crippen LogP contribution in [0, 0.1) is 3.70 Å². The van der Waals surface area contributed by atoms with Gasteiger partial charge in [0, 0.05) is 22.9 Å². The molecule has 0 N–H and O–H groups in total. The van der Waals surface area contributed by atoms with Crippen LogP contribution in [0.5, 0.6) is 0 Å². The lowest BCUT2D eigenvalue weighted by molar-refractivity contribution is 1.14. The lowest BCUT2D eigenvalue weighted by atomic mass is 10.2. The molecule has 5 heteroatoms. The third-order valence-corrected chi connectivity index (χ3v) is 3.46. The van der Waals surface area contributed by atoms with Crippen LogP contribution in [-0.2, 0) is 0 Å². The molecule has 0 aromatic carbocycles. The van der Waals surface area contributed by atoms with E-state index in [1.54, 1.807) is 30.4 Å². The zero-order valence-corrected chi connectivity index (χ0v) is 11.7. The molecule has 0 atom stereocenters. The minimum Gasteiger partial charge on any atom is -0.264 e. The highest BCUT2D eigenvalue weighted by Gasteiger charge is 2.06. The van der Waals surface area contributed by atoms with Crippen molar-refractivity contribution in [2.24, 2.45) is 0 Å². The van der Waals surface area contributed by atoms with Gasteiger partial charge in [-0.3, -0.25) is 9.97 Å². The number of nitrogens with zero attached hydrogens (tertiary/aromatic N) is 3. The second-order valence-electron chi connectivity index (χ2n) is 3.03. The van der Waals surface area contributed by atoms with Crippen molar-refractivity contribution < 1.29 is 0 Å². The average Bonchev–Trinajstić information content (AvgIpc) is 2.32. The monoisotopic (exact) mass is 343 g/mol. The van der Waals surface area contributed by atoms with Gasteiger partial charge in [0.25, 0.3) is 0 Å². The Morgan fingerprint density at radius 1 is 1.25 bits per heavy atom. The Bertz CT molecular complexity index is 473. The van der Waals surface area contributed by atoms with Gasteiger partial charge < -0.3 is 0 Å². The van der Waals surface area contributed by atoms with E-state index in [0.717, 1.165) is 25.6 Å². The summed E-state index contributed by atoms with van der Waals surface area (Å²) in [4.78, 5) is 13.9. The molecular weight excluding hydrogens is 333 g/mol. The fraction of sp³-hybridized carbons (Fsp3) is 0.182. The van der Waals surface area contributed by atoms with E-state index in [0.29, 0.717) is 0 Å². The summed E-state index contributed by atoms with van der Waals surface area (Å²) >= 11 is 3.92. The van der Waals surface area contributed by atoms with E-state index in [4.69, 9.17) is 0 Å². The predicted octanol–water partition coefficient (Wildman–Crippen LogP) is 3.26. The Balaban J connectivity index is 2.42. The summed E-state index contributed by atoms with van der Waals surface area (Å²) in [6, 6.07) is 1.98. The van der Waals surface area contributed by atoms with Crippen LogP contribution in [-0.4, -0.2) is 20.7 Å². The summed E-state index contributed by atoms with van der Waals surface area (Å²) in [7, 11) is 0. The molecule has 0 spiro atoms. The molecule has 16 heavy (non-hydrogen) atoms. The molecule has 0 saturated heterocycles. The molecule has 0 fully saturated rings. The lowest BCUT2D eigenvalue weighted by Crippen LogP contribution is -1.90. The van der Waals surface area contributed by atoms with E-state index in [1.165, 1.54) is 0 Å². The quantitative estimate of drug-likeness (QED) is 0.634. The van der Waals surface area contributed by atoms with Gasteiger partial charge in [-0.25, -0.2) is 4.98 Å². The SMILES string of the molecule is CCSc1cnccc1-c1cnc(I)cn1. The molecule has 3 nitrogen and oxygen atoms in total. The van der Waals surface area contributed by atoms with E-state index in [1.807, 2.05) is 12.3 Å². The highest BCUT2D eigenvalue weighted by atomic mass is 127. The Morgan fingerprint density at radius 2 is 2.12 bits per heavy atom. The Hall–Kier alpha value is -0.690. The van der Waals surface area contributed by atoms with Crippen molar-refractivity contribution in [2.45, 2.75) is 11.8 Å². The van der Waals surface area contributed by atoms with Crippen LogP contribution in [0.1, 0.15) is 6.92 Å². The van der Waals surface area contributed by atoms with Gasteiger partial charge in [-0.1, -0.05) is 6.92 Å². The van der Waals surface area contributed by atoms with Crippen molar-refractivity contribution in [1.82, 2.24) is 15.0 Å². The number of thioether (sulfide) groups is 1. The molecule has 2 aromatic heterocycles. The van der Waals surface area contributed by atoms with Gasteiger partial charge >= 0.3 is 0 Å². The molecular formula is C11H10IN3S. The molecule has 0 aliphatic carbocycles. The summed E-state index contributed by atoms with van der Waals surface area (Å²) in [5.74, 6) is 1.02. The summed E-state index contributed by atoms with van der Waals surface area (Å²) in [5, 5.41) is 0. The standard InChI is InChI=1S/C11H10IN3S/c1-2-16-10-6-13-4-3-8(10)9-5-15-11(12)7-14-9/h3-7H,2H2,1H3. The molecule has 0 radical (unpaired) electrons. The fourth-order valence-corrected chi connectivity index (χ4v) is 2.37. The van der Waals surface area contributed by atoms with Crippen molar-refractivity contribution in [3.63, 3.8) is 0 Å². The normalized spacial score (nSPS) is 10.4. The number of pyridine rings is 1. The third-order valence-electron chi connectivity index (χ3n) is 1.98. The van der Waals surface area contributed by atoms with Crippen molar-refractivity contribution in [2.75, 3.05) is 5.75 Å². The van der Waals surface area contributed by atoms with E-state index < -0.39 is 0 Å². The maximum absolute atomic E-state index is 4.38. The summed E-state index contributed by atoms with van der Waals surface area (Å²) in [6.45, 7) is 2.13.